The molecular weight excluding hydrogens is 523 g/mol. The second-order valence-electron chi connectivity index (χ2n) is 5.17. The predicted octanol–water partition coefficient (Wildman–Crippen LogP) is 4.47. The van der Waals surface area contributed by atoms with Crippen molar-refractivity contribution in [2.75, 3.05) is 13.2 Å². The van der Waals surface area contributed by atoms with Crippen LogP contribution in [-0.4, -0.2) is 24.9 Å². The van der Waals surface area contributed by atoms with Crippen molar-refractivity contribution in [3.8, 4) is 11.5 Å². The number of halogens is 4. The lowest BCUT2D eigenvalue weighted by Gasteiger charge is -2.11. The van der Waals surface area contributed by atoms with Gasteiger partial charge in [0.05, 0.1) is 22.2 Å². The van der Waals surface area contributed by atoms with Gasteiger partial charge < -0.3 is 20.9 Å². The Bertz CT molecular complexity index is 741. The van der Waals surface area contributed by atoms with Crippen molar-refractivity contribution in [3.05, 3.63) is 56.5 Å². The zero-order valence-electron chi connectivity index (χ0n) is 14.1. The lowest BCUT2D eigenvalue weighted by molar-refractivity contribution is 0.246. The minimum absolute atomic E-state index is 0. The third-order valence-corrected chi connectivity index (χ3v) is 4.53. The van der Waals surface area contributed by atoms with E-state index in [1.54, 1.807) is 36.4 Å². The Morgan fingerprint density at radius 2 is 1.15 bits per heavy atom. The Morgan fingerprint density at radius 1 is 0.778 bits per heavy atom. The molecule has 6 N–H and O–H groups in total. The fourth-order valence-electron chi connectivity index (χ4n) is 1.99. The summed E-state index contributed by atoms with van der Waals surface area (Å²) in [4.78, 5) is 0. The van der Waals surface area contributed by atoms with E-state index in [4.69, 9.17) is 31.8 Å². The number of amidine groups is 2. The molecule has 0 heterocycles. The predicted molar refractivity (Wildman–Crippen MR) is 120 cm³/mol. The van der Waals surface area contributed by atoms with E-state index in [2.05, 4.69) is 31.9 Å². The van der Waals surface area contributed by atoms with Gasteiger partial charge in [-0.1, -0.05) is 0 Å². The molecule has 0 saturated heterocycles. The largest absolute Gasteiger partial charge is 0.492 e. The first-order valence-corrected chi connectivity index (χ1v) is 9.00. The fourth-order valence-corrected chi connectivity index (χ4v) is 2.98. The monoisotopic (exact) mass is 540 g/mol. The van der Waals surface area contributed by atoms with Crippen LogP contribution in [-0.2, 0) is 0 Å². The molecule has 0 bridgehead atoms. The van der Waals surface area contributed by atoms with Crippen LogP contribution in [0.1, 0.15) is 17.5 Å². The molecular formula is C17H20Br2Cl2N4O2. The van der Waals surface area contributed by atoms with Gasteiger partial charge in [-0.3, -0.25) is 10.8 Å². The van der Waals surface area contributed by atoms with Crippen LogP contribution in [0.5, 0.6) is 11.5 Å². The zero-order valence-corrected chi connectivity index (χ0v) is 18.9. The van der Waals surface area contributed by atoms with Gasteiger partial charge in [0.1, 0.15) is 23.2 Å². The average molecular weight is 543 g/mol. The zero-order chi connectivity index (χ0) is 18.4. The van der Waals surface area contributed by atoms with Gasteiger partial charge >= 0.3 is 0 Å². The molecule has 0 aliphatic rings. The minimum atomic E-state index is 0. The van der Waals surface area contributed by atoms with Gasteiger partial charge in [-0.05, 0) is 68.3 Å². The van der Waals surface area contributed by atoms with Crippen molar-refractivity contribution < 1.29 is 9.47 Å². The van der Waals surface area contributed by atoms with Crippen molar-refractivity contribution in [2.24, 2.45) is 11.5 Å². The summed E-state index contributed by atoms with van der Waals surface area (Å²) < 4.78 is 12.9. The van der Waals surface area contributed by atoms with E-state index in [0.717, 1.165) is 8.95 Å². The first-order chi connectivity index (χ1) is 11.9. The molecule has 0 aromatic heterocycles. The number of hydrogen-bond donors (Lipinski definition) is 4. The first-order valence-electron chi connectivity index (χ1n) is 7.42. The molecule has 0 fully saturated rings. The molecule has 0 saturated carbocycles. The van der Waals surface area contributed by atoms with E-state index < -0.39 is 0 Å². The Hall–Kier alpha value is -1.48. The van der Waals surface area contributed by atoms with Crippen LogP contribution in [0.15, 0.2) is 45.3 Å². The van der Waals surface area contributed by atoms with Crippen LogP contribution in [0.3, 0.4) is 0 Å². The van der Waals surface area contributed by atoms with Crippen molar-refractivity contribution in [2.45, 2.75) is 6.42 Å². The van der Waals surface area contributed by atoms with E-state index in [-0.39, 0.29) is 36.5 Å². The number of nitrogens with two attached hydrogens (primary N) is 2. The number of nitrogens with one attached hydrogen (secondary N) is 2. The quantitative estimate of drug-likeness (QED) is 0.223. The topological polar surface area (TPSA) is 118 Å². The highest BCUT2D eigenvalue weighted by Gasteiger charge is 2.06. The maximum atomic E-state index is 7.41. The van der Waals surface area contributed by atoms with Crippen molar-refractivity contribution in [1.29, 1.82) is 10.8 Å². The summed E-state index contributed by atoms with van der Waals surface area (Å²) >= 11 is 6.81. The highest BCUT2D eigenvalue weighted by Crippen LogP contribution is 2.27. The van der Waals surface area contributed by atoms with Crippen LogP contribution in [0.2, 0.25) is 0 Å². The van der Waals surface area contributed by atoms with E-state index in [0.29, 0.717) is 42.3 Å². The van der Waals surface area contributed by atoms with Gasteiger partial charge in [0.15, 0.2) is 0 Å². The second-order valence-corrected chi connectivity index (χ2v) is 6.88. The number of ether oxygens (including phenoxy) is 2. The Balaban J connectivity index is 0.00000338. The number of rotatable bonds is 8. The molecule has 27 heavy (non-hydrogen) atoms. The van der Waals surface area contributed by atoms with Gasteiger partial charge in [-0.2, -0.15) is 0 Å². The number of benzene rings is 2. The summed E-state index contributed by atoms with van der Waals surface area (Å²) in [7, 11) is 0. The van der Waals surface area contributed by atoms with Gasteiger partial charge in [0, 0.05) is 17.5 Å². The third kappa shape index (κ3) is 7.57. The van der Waals surface area contributed by atoms with E-state index in [1.807, 2.05) is 0 Å². The van der Waals surface area contributed by atoms with Crippen molar-refractivity contribution in [3.63, 3.8) is 0 Å². The van der Waals surface area contributed by atoms with Crippen LogP contribution in [0, 0.1) is 10.8 Å². The summed E-state index contributed by atoms with van der Waals surface area (Å²) in [6, 6.07) is 10.5. The molecule has 0 radical (unpaired) electrons. The fraction of sp³-hybridized carbons (Fsp3) is 0.176. The molecule has 148 valence electrons. The Morgan fingerprint density at radius 3 is 1.44 bits per heavy atom. The molecule has 2 aromatic carbocycles. The average Bonchev–Trinajstić information content (AvgIpc) is 2.56. The summed E-state index contributed by atoms with van der Waals surface area (Å²) in [5, 5.41) is 14.8. The summed E-state index contributed by atoms with van der Waals surface area (Å²) in [6.07, 6.45) is 0.696. The number of nitrogen functional groups attached to an aromatic ring is 2. The Kier molecular flexibility index (Phi) is 11.4. The molecule has 2 rings (SSSR count). The summed E-state index contributed by atoms with van der Waals surface area (Å²) in [5.41, 5.74) is 12.2. The van der Waals surface area contributed by atoms with Gasteiger partial charge in [-0.15, -0.1) is 24.8 Å². The highest BCUT2D eigenvalue weighted by atomic mass is 79.9. The molecule has 0 aliphatic carbocycles. The van der Waals surface area contributed by atoms with Crippen LogP contribution >= 0.6 is 56.7 Å². The van der Waals surface area contributed by atoms with E-state index in [9.17, 15) is 0 Å². The van der Waals surface area contributed by atoms with Gasteiger partial charge in [0.25, 0.3) is 0 Å². The van der Waals surface area contributed by atoms with Crippen LogP contribution in [0.25, 0.3) is 0 Å². The van der Waals surface area contributed by atoms with Crippen LogP contribution < -0.4 is 20.9 Å². The van der Waals surface area contributed by atoms with Crippen molar-refractivity contribution in [1.82, 2.24) is 0 Å². The van der Waals surface area contributed by atoms with Crippen molar-refractivity contribution >= 4 is 68.3 Å². The summed E-state index contributed by atoms with van der Waals surface area (Å²) in [6.45, 7) is 0.975. The SMILES string of the molecule is Cl.Cl.N=C(N)c1ccc(OCCCOc2ccc(C(=N)N)cc2Br)c(Br)c1. The maximum absolute atomic E-state index is 7.41. The smallest absolute Gasteiger partial charge is 0.133 e. The standard InChI is InChI=1S/C17H18Br2N4O2.2ClH/c18-12-8-10(16(20)21)2-4-14(12)24-6-1-7-25-15-5-3-11(17(22)23)9-13(15)19;;/h2-5,8-9H,1,6-7H2,(H3,20,21)(H3,22,23);2*1H. The normalized spacial score (nSPS) is 9.56. The van der Waals surface area contributed by atoms with E-state index >= 15 is 0 Å². The molecule has 0 spiro atoms. The summed E-state index contributed by atoms with van der Waals surface area (Å²) in [5.74, 6) is 1.41. The Labute approximate surface area is 187 Å². The lowest BCUT2D eigenvalue weighted by Crippen LogP contribution is -2.11. The maximum Gasteiger partial charge on any atom is 0.133 e. The first kappa shape index (κ1) is 25.5. The minimum Gasteiger partial charge on any atom is -0.492 e. The highest BCUT2D eigenvalue weighted by molar-refractivity contribution is 9.10. The molecule has 10 heteroatoms. The third-order valence-electron chi connectivity index (χ3n) is 3.29. The van der Waals surface area contributed by atoms with Crippen LogP contribution in [0.4, 0.5) is 0 Å². The molecule has 0 amide bonds. The molecule has 6 nitrogen and oxygen atoms in total. The van der Waals surface area contributed by atoms with Gasteiger partial charge in [0.2, 0.25) is 0 Å². The molecule has 0 unspecified atom stereocenters. The number of hydrogen-bond acceptors (Lipinski definition) is 4. The van der Waals surface area contributed by atoms with E-state index in [1.165, 1.54) is 0 Å². The molecule has 2 aromatic rings. The molecule has 0 aliphatic heterocycles. The lowest BCUT2D eigenvalue weighted by atomic mass is 10.2. The van der Waals surface area contributed by atoms with Gasteiger partial charge in [-0.25, -0.2) is 0 Å². The molecule has 0 atom stereocenters. The second kappa shape index (κ2) is 12.1.